The van der Waals surface area contributed by atoms with Crippen LogP contribution in [0.15, 0.2) is 42.5 Å². The maximum Gasteiger partial charge on any atom is 0.253 e. The lowest BCUT2D eigenvalue weighted by Crippen LogP contribution is -2.32. The molecule has 1 aromatic carbocycles. The summed E-state index contributed by atoms with van der Waals surface area (Å²) in [7, 11) is 0. The monoisotopic (exact) mass is 341 g/mol. The molecule has 1 amide bonds. The lowest BCUT2D eigenvalue weighted by molar-refractivity contribution is 0.0950. The highest BCUT2D eigenvalue weighted by Gasteiger charge is 2.12. The van der Waals surface area contributed by atoms with Gasteiger partial charge in [0.25, 0.3) is 5.91 Å². The number of nitrogens with zero attached hydrogens (tertiary/aromatic N) is 1. The quantitative estimate of drug-likeness (QED) is 0.898. The van der Waals surface area contributed by atoms with Crippen molar-refractivity contribution in [3.63, 3.8) is 0 Å². The Bertz CT molecular complexity index is 606. The summed E-state index contributed by atoms with van der Waals surface area (Å²) in [6.45, 7) is 4.13. The Hall–Kier alpha value is -1.62. The van der Waals surface area contributed by atoms with Crippen LogP contribution in [0.25, 0.3) is 0 Å². The third-order valence-electron chi connectivity index (χ3n) is 3.18. The van der Waals surface area contributed by atoms with Gasteiger partial charge in [-0.05, 0) is 31.5 Å². The molecule has 3 N–H and O–H groups in total. The summed E-state index contributed by atoms with van der Waals surface area (Å²) in [5, 5.41) is 2.85. The molecule has 0 spiro atoms. The Kier molecular flexibility index (Phi) is 8.72. The maximum atomic E-state index is 12.1. The molecule has 120 valence electrons. The van der Waals surface area contributed by atoms with E-state index in [2.05, 4.69) is 10.3 Å². The third-order valence-corrected chi connectivity index (χ3v) is 3.18. The van der Waals surface area contributed by atoms with E-state index in [1.165, 1.54) is 0 Å². The maximum absolute atomic E-state index is 12.1. The minimum Gasteiger partial charge on any atom is -0.350 e. The van der Waals surface area contributed by atoms with Crippen molar-refractivity contribution in [1.82, 2.24) is 10.3 Å². The van der Waals surface area contributed by atoms with Gasteiger partial charge in [-0.15, -0.1) is 24.8 Å². The molecular formula is C16H21Cl2N3O. The van der Waals surface area contributed by atoms with Crippen LogP contribution in [0.4, 0.5) is 0 Å². The molecule has 22 heavy (non-hydrogen) atoms. The van der Waals surface area contributed by atoms with Crippen molar-refractivity contribution in [3.05, 3.63) is 65.0 Å². The topological polar surface area (TPSA) is 68.0 Å². The molecule has 0 bridgehead atoms. The molecule has 0 aliphatic rings. The summed E-state index contributed by atoms with van der Waals surface area (Å²) >= 11 is 0. The summed E-state index contributed by atoms with van der Waals surface area (Å²) in [6, 6.07) is 13.1. The largest absolute Gasteiger partial charge is 0.350 e. The van der Waals surface area contributed by atoms with Crippen molar-refractivity contribution in [2.75, 3.05) is 6.54 Å². The molecule has 1 unspecified atom stereocenters. The van der Waals surface area contributed by atoms with Gasteiger partial charge < -0.3 is 11.1 Å². The predicted octanol–water partition coefficient (Wildman–Crippen LogP) is 2.97. The molecule has 1 atom stereocenters. The first-order valence-corrected chi connectivity index (χ1v) is 6.61. The molecule has 1 aromatic heterocycles. The highest BCUT2D eigenvalue weighted by atomic mass is 35.5. The predicted molar refractivity (Wildman–Crippen MR) is 93.9 cm³/mol. The highest BCUT2D eigenvalue weighted by Crippen LogP contribution is 2.10. The Morgan fingerprint density at radius 1 is 1.14 bits per heavy atom. The zero-order valence-electron chi connectivity index (χ0n) is 12.6. The molecule has 6 heteroatoms. The molecule has 0 saturated heterocycles. The van der Waals surface area contributed by atoms with E-state index in [0.29, 0.717) is 12.1 Å². The number of aryl methyl sites for hydroxylation is 2. The van der Waals surface area contributed by atoms with Crippen molar-refractivity contribution in [3.8, 4) is 0 Å². The minimum absolute atomic E-state index is 0. The van der Waals surface area contributed by atoms with E-state index >= 15 is 0 Å². The lowest BCUT2D eigenvalue weighted by atomic mass is 10.1. The normalized spacial score (nSPS) is 10.9. The first kappa shape index (κ1) is 20.4. The minimum atomic E-state index is -0.209. The number of nitrogens with one attached hydrogen (secondary N) is 1. The van der Waals surface area contributed by atoms with Crippen molar-refractivity contribution >= 4 is 30.7 Å². The Morgan fingerprint density at radius 2 is 1.77 bits per heavy atom. The third kappa shape index (κ3) is 5.30. The van der Waals surface area contributed by atoms with Gasteiger partial charge in [0.1, 0.15) is 0 Å². The van der Waals surface area contributed by atoms with Crippen LogP contribution >= 0.6 is 24.8 Å². The number of amides is 1. The zero-order chi connectivity index (χ0) is 14.5. The second-order valence-corrected chi connectivity index (χ2v) is 4.81. The van der Waals surface area contributed by atoms with Crippen LogP contribution in [0.2, 0.25) is 0 Å². The zero-order valence-corrected chi connectivity index (χ0v) is 14.2. The van der Waals surface area contributed by atoms with E-state index in [9.17, 15) is 4.79 Å². The van der Waals surface area contributed by atoms with E-state index in [4.69, 9.17) is 5.73 Å². The molecule has 0 aliphatic heterocycles. The van der Waals surface area contributed by atoms with E-state index in [1.807, 2.05) is 50.2 Å². The average molecular weight is 342 g/mol. The Balaban J connectivity index is 0.00000220. The fourth-order valence-corrected chi connectivity index (χ4v) is 2.04. The number of pyridine rings is 1. The number of benzene rings is 1. The number of hydrogen-bond donors (Lipinski definition) is 2. The molecule has 4 nitrogen and oxygen atoms in total. The van der Waals surface area contributed by atoms with Crippen LogP contribution in [0, 0.1) is 13.8 Å². The van der Waals surface area contributed by atoms with Crippen molar-refractivity contribution < 1.29 is 4.79 Å². The van der Waals surface area contributed by atoms with Gasteiger partial charge >= 0.3 is 0 Å². The van der Waals surface area contributed by atoms with Gasteiger partial charge in [-0.25, -0.2) is 0 Å². The van der Waals surface area contributed by atoms with Crippen LogP contribution in [0.1, 0.15) is 33.4 Å². The summed E-state index contributed by atoms with van der Waals surface area (Å²) in [4.78, 5) is 16.4. The van der Waals surface area contributed by atoms with Gasteiger partial charge in [0.05, 0.1) is 11.3 Å². The fourth-order valence-electron chi connectivity index (χ4n) is 2.04. The fraction of sp³-hybridized carbons (Fsp3) is 0.250. The lowest BCUT2D eigenvalue weighted by Gasteiger charge is -2.13. The smallest absolute Gasteiger partial charge is 0.253 e. The molecule has 0 radical (unpaired) electrons. The number of aromatic nitrogens is 1. The number of halogens is 2. The van der Waals surface area contributed by atoms with Crippen LogP contribution in [-0.2, 0) is 0 Å². The van der Waals surface area contributed by atoms with Gasteiger partial charge in [0, 0.05) is 18.3 Å². The molecule has 1 heterocycles. The Labute approximate surface area is 143 Å². The standard InChI is InChI=1S/C16H19N3O.2ClH/c1-11-8-9-14(12(2)19-11)16(20)18-10-15(17)13-6-4-3-5-7-13;;/h3-9,15H,10,17H2,1-2H3,(H,18,20);2*1H. The van der Waals surface area contributed by atoms with Crippen LogP contribution in [0.5, 0.6) is 0 Å². The van der Waals surface area contributed by atoms with E-state index < -0.39 is 0 Å². The molecular weight excluding hydrogens is 321 g/mol. The van der Waals surface area contributed by atoms with E-state index in [-0.39, 0.29) is 36.8 Å². The summed E-state index contributed by atoms with van der Waals surface area (Å²) in [6.07, 6.45) is 0. The van der Waals surface area contributed by atoms with Gasteiger partial charge in [0.15, 0.2) is 0 Å². The summed E-state index contributed by atoms with van der Waals surface area (Å²) in [5.41, 5.74) is 9.29. The average Bonchev–Trinajstić information content (AvgIpc) is 2.45. The van der Waals surface area contributed by atoms with E-state index in [1.54, 1.807) is 6.07 Å². The van der Waals surface area contributed by atoms with Gasteiger partial charge in [-0.2, -0.15) is 0 Å². The SMILES string of the molecule is Cc1ccc(C(=O)NCC(N)c2ccccc2)c(C)n1.Cl.Cl. The first-order valence-electron chi connectivity index (χ1n) is 6.61. The summed E-state index contributed by atoms with van der Waals surface area (Å²) < 4.78 is 0. The van der Waals surface area contributed by atoms with Crippen LogP contribution in [-0.4, -0.2) is 17.4 Å². The van der Waals surface area contributed by atoms with Crippen LogP contribution < -0.4 is 11.1 Å². The molecule has 0 fully saturated rings. The second kappa shape index (κ2) is 9.41. The van der Waals surface area contributed by atoms with Crippen LogP contribution in [0.3, 0.4) is 0 Å². The Morgan fingerprint density at radius 3 is 2.36 bits per heavy atom. The molecule has 0 aliphatic carbocycles. The van der Waals surface area contributed by atoms with Gasteiger partial charge in [0.2, 0.25) is 0 Å². The molecule has 2 aromatic rings. The van der Waals surface area contributed by atoms with Crippen molar-refractivity contribution in [2.45, 2.75) is 19.9 Å². The molecule has 0 saturated carbocycles. The highest BCUT2D eigenvalue weighted by molar-refractivity contribution is 5.95. The number of nitrogens with two attached hydrogens (primary N) is 1. The van der Waals surface area contributed by atoms with Crippen molar-refractivity contribution in [2.24, 2.45) is 5.73 Å². The number of rotatable bonds is 4. The van der Waals surface area contributed by atoms with E-state index in [0.717, 1.165) is 17.0 Å². The van der Waals surface area contributed by atoms with Gasteiger partial charge in [-0.1, -0.05) is 30.3 Å². The number of carbonyl (C=O) groups excluding carboxylic acids is 1. The summed E-state index contributed by atoms with van der Waals surface area (Å²) in [5.74, 6) is -0.138. The number of carbonyl (C=O) groups is 1. The number of hydrogen-bond acceptors (Lipinski definition) is 3. The first-order chi connectivity index (χ1) is 9.58. The van der Waals surface area contributed by atoms with Gasteiger partial charge in [-0.3, -0.25) is 9.78 Å². The second-order valence-electron chi connectivity index (χ2n) is 4.81. The van der Waals surface area contributed by atoms with Crippen molar-refractivity contribution in [1.29, 1.82) is 0 Å². The molecule has 2 rings (SSSR count).